The maximum Gasteiger partial charge on any atom is 0.453 e. The number of alkyl halides is 3. The average molecular weight is 252 g/mol. The highest BCUT2D eigenvalue weighted by Gasteiger charge is 2.37. The van der Waals surface area contributed by atoms with Crippen LogP contribution in [0.2, 0.25) is 0 Å². The lowest BCUT2D eigenvalue weighted by molar-refractivity contribution is -0.144. The van der Waals surface area contributed by atoms with Gasteiger partial charge < -0.3 is 10.0 Å². The van der Waals surface area contributed by atoms with Crippen molar-refractivity contribution < 1.29 is 18.3 Å². The van der Waals surface area contributed by atoms with Gasteiger partial charge in [0, 0.05) is 27.2 Å². The maximum atomic E-state index is 12.4. The van der Waals surface area contributed by atoms with Gasteiger partial charge >= 0.3 is 6.18 Å². The SMILES string of the molecule is CC(CO)CN(C)c1nc(C(F)(F)F)nn1C. The van der Waals surface area contributed by atoms with Gasteiger partial charge in [0.15, 0.2) is 0 Å². The second-order valence-electron chi connectivity index (χ2n) is 4.03. The highest BCUT2D eigenvalue weighted by atomic mass is 19.4. The molecule has 98 valence electrons. The number of halogens is 3. The first-order chi connectivity index (χ1) is 7.75. The van der Waals surface area contributed by atoms with Crippen molar-refractivity contribution in [3.63, 3.8) is 0 Å². The highest BCUT2D eigenvalue weighted by Crippen LogP contribution is 2.27. The van der Waals surface area contributed by atoms with Gasteiger partial charge in [0.1, 0.15) is 0 Å². The fourth-order valence-corrected chi connectivity index (χ4v) is 1.44. The van der Waals surface area contributed by atoms with E-state index >= 15 is 0 Å². The van der Waals surface area contributed by atoms with Gasteiger partial charge in [0.2, 0.25) is 5.95 Å². The second-order valence-corrected chi connectivity index (χ2v) is 4.03. The van der Waals surface area contributed by atoms with Gasteiger partial charge in [-0.25, -0.2) is 4.68 Å². The van der Waals surface area contributed by atoms with Crippen LogP contribution in [0.15, 0.2) is 0 Å². The Balaban J connectivity index is 2.88. The largest absolute Gasteiger partial charge is 0.453 e. The Kier molecular flexibility index (Phi) is 3.97. The molecule has 0 aliphatic heterocycles. The summed E-state index contributed by atoms with van der Waals surface area (Å²) in [7, 11) is 3.01. The fraction of sp³-hybridized carbons (Fsp3) is 0.778. The minimum atomic E-state index is -4.54. The van der Waals surface area contributed by atoms with Crippen molar-refractivity contribution in [2.24, 2.45) is 13.0 Å². The molecule has 0 aliphatic carbocycles. The molecule has 1 heterocycles. The number of aliphatic hydroxyl groups excluding tert-OH is 1. The summed E-state index contributed by atoms with van der Waals surface area (Å²) in [5, 5.41) is 12.2. The second kappa shape index (κ2) is 4.91. The molecule has 0 radical (unpaired) electrons. The van der Waals surface area contributed by atoms with Crippen LogP contribution < -0.4 is 4.90 Å². The van der Waals surface area contributed by atoms with Gasteiger partial charge in [-0.15, -0.1) is 5.10 Å². The van der Waals surface area contributed by atoms with Crippen molar-refractivity contribution >= 4 is 5.95 Å². The molecule has 0 fully saturated rings. The summed E-state index contributed by atoms with van der Waals surface area (Å²) in [4.78, 5) is 4.97. The number of hydrogen-bond donors (Lipinski definition) is 1. The van der Waals surface area contributed by atoms with E-state index in [1.54, 1.807) is 14.0 Å². The number of aryl methyl sites for hydroxylation is 1. The molecule has 8 heteroatoms. The molecule has 0 bridgehead atoms. The molecule has 17 heavy (non-hydrogen) atoms. The normalized spacial score (nSPS) is 13.8. The summed E-state index contributed by atoms with van der Waals surface area (Å²) in [5.41, 5.74) is 0. The maximum absolute atomic E-state index is 12.4. The van der Waals surface area contributed by atoms with Gasteiger partial charge in [-0.3, -0.25) is 0 Å². The molecule has 5 nitrogen and oxygen atoms in total. The molecule has 1 N–H and O–H groups in total. The van der Waals surface area contributed by atoms with Crippen LogP contribution in [0, 0.1) is 5.92 Å². The zero-order valence-corrected chi connectivity index (χ0v) is 9.86. The third-order valence-electron chi connectivity index (χ3n) is 2.23. The minimum Gasteiger partial charge on any atom is -0.396 e. The Hall–Kier alpha value is -1.31. The topological polar surface area (TPSA) is 54.2 Å². The molecule has 1 atom stereocenters. The molecule has 0 amide bonds. The first-order valence-corrected chi connectivity index (χ1v) is 5.06. The lowest BCUT2D eigenvalue weighted by Gasteiger charge is -2.20. The quantitative estimate of drug-likeness (QED) is 0.865. The van der Waals surface area contributed by atoms with Crippen LogP contribution in [0.25, 0.3) is 0 Å². The van der Waals surface area contributed by atoms with E-state index in [4.69, 9.17) is 5.11 Å². The summed E-state index contributed by atoms with van der Waals surface area (Å²) < 4.78 is 38.2. The van der Waals surface area contributed by atoms with Crippen molar-refractivity contribution in [1.29, 1.82) is 0 Å². The predicted octanol–water partition coefficient (Wildman–Crippen LogP) is 0.899. The molecule has 1 unspecified atom stereocenters. The number of aromatic nitrogens is 3. The number of nitrogens with zero attached hydrogens (tertiary/aromatic N) is 4. The standard InChI is InChI=1S/C9H15F3N4O/c1-6(5-17)4-15(2)8-13-7(9(10,11)12)14-16(8)3/h6,17H,4-5H2,1-3H3. The Labute approximate surface area is 96.9 Å². The third-order valence-corrected chi connectivity index (χ3v) is 2.23. The lowest BCUT2D eigenvalue weighted by Crippen LogP contribution is -2.28. The number of anilines is 1. The third kappa shape index (κ3) is 3.32. The molecule has 0 aliphatic rings. The zero-order valence-electron chi connectivity index (χ0n) is 9.86. The van der Waals surface area contributed by atoms with Crippen LogP contribution in [0.5, 0.6) is 0 Å². The van der Waals surface area contributed by atoms with Gasteiger partial charge in [-0.2, -0.15) is 18.2 Å². The van der Waals surface area contributed by atoms with Crippen molar-refractivity contribution in [1.82, 2.24) is 14.8 Å². The molecule has 0 saturated carbocycles. The van der Waals surface area contributed by atoms with Crippen molar-refractivity contribution in [2.75, 3.05) is 25.1 Å². The van der Waals surface area contributed by atoms with Gasteiger partial charge in [0.05, 0.1) is 0 Å². The minimum absolute atomic E-state index is 0.0334. The van der Waals surface area contributed by atoms with E-state index in [0.29, 0.717) is 6.54 Å². The van der Waals surface area contributed by atoms with E-state index in [2.05, 4.69) is 10.1 Å². The smallest absolute Gasteiger partial charge is 0.396 e. The number of aliphatic hydroxyl groups is 1. The van der Waals surface area contributed by atoms with E-state index in [1.807, 2.05) is 0 Å². The monoisotopic (exact) mass is 252 g/mol. The molecule has 0 saturated heterocycles. The zero-order chi connectivity index (χ0) is 13.2. The van der Waals surface area contributed by atoms with Crippen LogP contribution in [0.4, 0.5) is 19.1 Å². The van der Waals surface area contributed by atoms with Crippen molar-refractivity contribution in [2.45, 2.75) is 13.1 Å². The summed E-state index contributed by atoms with van der Waals surface area (Å²) in [6.45, 7) is 2.16. The van der Waals surface area contributed by atoms with Gasteiger partial charge in [-0.05, 0) is 5.92 Å². The Bertz CT molecular complexity index is 377. The van der Waals surface area contributed by atoms with Crippen LogP contribution in [0.1, 0.15) is 12.7 Å². The molecule has 1 rings (SSSR count). The summed E-state index contributed by atoms with van der Waals surface area (Å²) in [6.07, 6.45) is -4.54. The fourth-order valence-electron chi connectivity index (χ4n) is 1.44. The molecule has 0 spiro atoms. The molecular formula is C9H15F3N4O. The number of hydrogen-bond acceptors (Lipinski definition) is 4. The van der Waals surface area contributed by atoms with E-state index in [1.165, 1.54) is 11.9 Å². The summed E-state index contributed by atoms with van der Waals surface area (Å²) in [5.74, 6) is -1.08. The Morgan fingerprint density at radius 3 is 2.47 bits per heavy atom. The molecule has 0 aromatic carbocycles. The molecule has 1 aromatic heterocycles. The Morgan fingerprint density at radius 1 is 1.47 bits per heavy atom. The summed E-state index contributed by atoms with van der Waals surface area (Å²) in [6, 6.07) is 0. The van der Waals surface area contributed by atoms with Crippen LogP contribution in [-0.2, 0) is 13.2 Å². The van der Waals surface area contributed by atoms with Gasteiger partial charge in [0.25, 0.3) is 5.82 Å². The lowest BCUT2D eigenvalue weighted by atomic mass is 10.2. The molecule has 1 aromatic rings. The van der Waals surface area contributed by atoms with Crippen LogP contribution >= 0.6 is 0 Å². The van der Waals surface area contributed by atoms with E-state index < -0.39 is 12.0 Å². The van der Waals surface area contributed by atoms with E-state index in [9.17, 15) is 13.2 Å². The molecular weight excluding hydrogens is 237 g/mol. The van der Waals surface area contributed by atoms with Crippen molar-refractivity contribution in [3.8, 4) is 0 Å². The van der Waals surface area contributed by atoms with Crippen molar-refractivity contribution in [3.05, 3.63) is 5.82 Å². The summed E-state index contributed by atoms with van der Waals surface area (Å²) >= 11 is 0. The first-order valence-electron chi connectivity index (χ1n) is 5.06. The predicted molar refractivity (Wildman–Crippen MR) is 55.5 cm³/mol. The average Bonchev–Trinajstić information content (AvgIpc) is 2.59. The van der Waals surface area contributed by atoms with Gasteiger partial charge in [-0.1, -0.05) is 6.92 Å². The van der Waals surface area contributed by atoms with E-state index in [-0.39, 0.29) is 18.5 Å². The number of rotatable bonds is 4. The van der Waals surface area contributed by atoms with Crippen LogP contribution in [0.3, 0.4) is 0 Å². The first kappa shape index (κ1) is 13.8. The Morgan fingerprint density at radius 2 is 2.06 bits per heavy atom. The highest BCUT2D eigenvalue weighted by molar-refractivity contribution is 5.29. The van der Waals surface area contributed by atoms with E-state index in [0.717, 1.165) is 4.68 Å². The van der Waals surface area contributed by atoms with Crippen LogP contribution in [-0.4, -0.2) is 40.1 Å².